The molecule has 1 aliphatic rings. The molecule has 0 aromatic carbocycles. The Bertz CT molecular complexity index is 576. The van der Waals surface area contributed by atoms with Gasteiger partial charge in [-0.2, -0.15) is 5.10 Å². The monoisotopic (exact) mass is 323 g/mol. The van der Waals surface area contributed by atoms with Gasteiger partial charge in [0.15, 0.2) is 5.78 Å². The number of hydrogen-bond acceptors (Lipinski definition) is 5. The minimum Gasteiger partial charge on any atom is -0.376 e. The highest BCUT2D eigenvalue weighted by molar-refractivity contribution is 5.96. The van der Waals surface area contributed by atoms with E-state index in [2.05, 4.69) is 5.10 Å². The van der Waals surface area contributed by atoms with Crippen LogP contribution < -0.4 is 0 Å². The van der Waals surface area contributed by atoms with Gasteiger partial charge in [0.05, 0.1) is 37.2 Å². The van der Waals surface area contributed by atoms with Crippen molar-refractivity contribution in [1.82, 2.24) is 14.7 Å². The standard InChI is InChI=1S/C16H25N3O4/c1-11-16(13(3)20)12(2)19(17-11)6-5-15(21)18(4)9-14-10-22-7-8-23-14/h14H,5-10H2,1-4H3. The molecule has 2 rings (SSSR count). The van der Waals surface area contributed by atoms with Crippen molar-refractivity contribution in [2.45, 2.75) is 39.8 Å². The summed E-state index contributed by atoms with van der Waals surface area (Å²) in [6.45, 7) is 7.91. The lowest BCUT2D eigenvalue weighted by atomic mass is 10.1. The minimum atomic E-state index is -0.0595. The van der Waals surface area contributed by atoms with Crippen LogP contribution in [0.4, 0.5) is 0 Å². The average molecular weight is 323 g/mol. The lowest BCUT2D eigenvalue weighted by Crippen LogP contribution is -2.41. The normalized spacial score (nSPS) is 18.0. The second-order valence-electron chi connectivity index (χ2n) is 5.92. The fraction of sp³-hybridized carbons (Fsp3) is 0.688. The van der Waals surface area contributed by atoms with Crippen LogP contribution in [0.15, 0.2) is 0 Å². The van der Waals surface area contributed by atoms with Crippen LogP contribution in [-0.2, 0) is 20.8 Å². The van der Waals surface area contributed by atoms with E-state index in [-0.39, 0.29) is 17.8 Å². The van der Waals surface area contributed by atoms with Crippen molar-refractivity contribution in [2.75, 3.05) is 33.4 Å². The van der Waals surface area contributed by atoms with Crippen LogP contribution in [0.5, 0.6) is 0 Å². The van der Waals surface area contributed by atoms with E-state index in [1.807, 2.05) is 13.8 Å². The fourth-order valence-electron chi connectivity index (χ4n) is 2.87. The molecule has 0 aliphatic carbocycles. The van der Waals surface area contributed by atoms with Crippen LogP contribution in [0.25, 0.3) is 0 Å². The zero-order valence-corrected chi connectivity index (χ0v) is 14.3. The van der Waals surface area contributed by atoms with E-state index < -0.39 is 0 Å². The Morgan fingerprint density at radius 1 is 1.35 bits per heavy atom. The van der Waals surface area contributed by atoms with Crippen LogP contribution >= 0.6 is 0 Å². The molecule has 1 fully saturated rings. The number of carbonyl (C=O) groups excluding carboxylic acids is 2. The van der Waals surface area contributed by atoms with Crippen molar-refractivity contribution >= 4 is 11.7 Å². The molecular formula is C16H25N3O4. The first-order chi connectivity index (χ1) is 10.9. The Hall–Kier alpha value is -1.73. The predicted octanol–water partition coefficient (Wildman–Crippen LogP) is 0.966. The van der Waals surface area contributed by atoms with Gasteiger partial charge in [0.1, 0.15) is 0 Å². The quantitative estimate of drug-likeness (QED) is 0.729. The molecule has 1 aromatic heterocycles. The van der Waals surface area contributed by atoms with Crippen LogP contribution in [0.2, 0.25) is 0 Å². The largest absolute Gasteiger partial charge is 0.376 e. The van der Waals surface area contributed by atoms with Gasteiger partial charge in [-0.1, -0.05) is 0 Å². The van der Waals surface area contributed by atoms with Crippen molar-refractivity contribution in [1.29, 1.82) is 0 Å². The molecule has 0 N–H and O–H groups in total. The number of amides is 1. The predicted molar refractivity (Wildman–Crippen MR) is 84.5 cm³/mol. The maximum atomic E-state index is 12.2. The Kier molecular flexibility index (Phi) is 5.90. The van der Waals surface area contributed by atoms with E-state index in [1.54, 1.807) is 16.6 Å². The lowest BCUT2D eigenvalue weighted by Gasteiger charge is -2.27. The number of aromatic nitrogens is 2. The zero-order chi connectivity index (χ0) is 17.0. The summed E-state index contributed by atoms with van der Waals surface area (Å²) in [7, 11) is 1.77. The van der Waals surface area contributed by atoms with E-state index in [4.69, 9.17) is 9.47 Å². The van der Waals surface area contributed by atoms with Gasteiger partial charge in [-0.25, -0.2) is 0 Å². The minimum absolute atomic E-state index is 0.00384. The van der Waals surface area contributed by atoms with Crippen LogP contribution in [0, 0.1) is 13.8 Å². The fourth-order valence-corrected chi connectivity index (χ4v) is 2.87. The second kappa shape index (κ2) is 7.70. The van der Waals surface area contributed by atoms with Crippen LogP contribution in [-0.4, -0.2) is 65.9 Å². The van der Waals surface area contributed by atoms with Crippen molar-refractivity contribution in [3.63, 3.8) is 0 Å². The van der Waals surface area contributed by atoms with Gasteiger partial charge in [0.25, 0.3) is 0 Å². The molecule has 23 heavy (non-hydrogen) atoms. The Labute approximate surface area is 136 Å². The molecule has 0 bridgehead atoms. The summed E-state index contributed by atoms with van der Waals surface area (Å²) in [4.78, 5) is 25.5. The molecule has 128 valence electrons. The van der Waals surface area contributed by atoms with E-state index in [0.29, 0.717) is 50.6 Å². The number of carbonyl (C=O) groups is 2. The number of hydrogen-bond donors (Lipinski definition) is 0. The molecule has 7 heteroatoms. The van der Waals surface area contributed by atoms with Crippen molar-refractivity contribution in [2.24, 2.45) is 0 Å². The van der Waals surface area contributed by atoms with Gasteiger partial charge in [-0.15, -0.1) is 0 Å². The molecule has 0 spiro atoms. The Morgan fingerprint density at radius 2 is 2.09 bits per heavy atom. The van der Waals surface area contributed by atoms with Crippen molar-refractivity contribution < 1.29 is 19.1 Å². The molecule has 7 nitrogen and oxygen atoms in total. The van der Waals surface area contributed by atoms with Gasteiger partial charge in [-0.3, -0.25) is 14.3 Å². The summed E-state index contributed by atoms with van der Waals surface area (Å²) >= 11 is 0. The molecule has 1 saturated heterocycles. The second-order valence-corrected chi connectivity index (χ2v) is 5.92. The van der Waals surface area contributed by atoms with E-state index in [1.165, 1.54) is 6.92 Å². The molecule has 2 heterocycles. The van der Waals surface area contributed by atoms with E-state index in [9.17, 15) is 9.59 Å². The number of ether oxygens (including phenoxy) is 2. The highest BCUT2D eigenvalue weighted by Crippen LogP contribution is 2.14. The number of likely N-dealkylation sites (N-methyl/N-ethyl adjacent to an activating group) is 1. The summed E-state index contributed by atoms with van der Waals surface area (Å²) in [5.41, 5.74) is 2.18. The first-order valence-electron chi connectivity index (χ1n) is 7.88. The summed E-state index contributed by atoms with van der Waals surface area (Å²) in [6, 6.07) is 0. The molecular weight excluding hydrogens is 298 g/mol. The molecule has 1 atom stereocenters. The Morgan fingerprint density at radius 3 is 2.65 bits per heavy atom. The summed E-state index contributed by atoms with van der Waals surface area (Å²) in [6.07, 6.45) is 0.277. The third kappa shape index (κ3) is 4.39. The molecule has 1 aliphatic heterocycles. The van der Waals surface area contributed by atoms with Crippen LogP contribution in [0.1, 0.15) is 35.1 Å². The number of aryl methyl sites for hydroxylation is 2. The molecule has 0 radical (unpaired) electrons. The van der Waals surface area contributed by atoms with Gasteiger partial charge >= 0.3 is 0 Å². The topological polar surface area (TPSA) is 73.7 Å². The van der Waals surface area contributed by atoms with Gasteiger partial charge < -0.3 is 14.4 Å². The highest BCUT2D eigenvalue weighted by atomic mass is 16.6. The van der Waals surface area contributed by atoms with Crippen molar-refractivity contribution in [3.8, 4) is 0 Å². The average Bonchev–Trinajstić information content (AvgIpc) is 2.80. The third-order valence-corrected chi connectivity index (χ3v) is 4.06. The molecule has 1 unspecified atom stereocenters. The molecule has 1 aromatic rings. The van der Waals surface area contributed by atoms with Gasteiger partial charge in [-0.05, 0) is 20.8 Å². The smallest absolute Gasteiger partial charge is 0.224 e. The Balaban J connectivity index is 1.88. The molecule has 0 saturated carbocycles. The van der Waals surface area contributed by atoms with Crippen LogP contribution in [0.3, 0.4) is 0 Å². The van der Waals surface area contributed by atoms with E-state index >= 15 is 0 Å². The number of Topliss-reactive ketones (excluding diaryl/α,β-unsaturated/α-hetero) is 1. The first kappa shape index (κ1) is 17.6. The maximum absolute atomic E-state index is 12.2. The third-order valence-electron chi connectivity index (χ3n) is 4.06. The van der Waals surface area contributed by atoms with Gasteiger partial charge in [0.2, 0.25) is 5.91 Å². The lowest BCUT2D eigenvalue weighted by molar-refractivity contribution is -0.136. The number of rotatable bonds is 6. The van der Waals surface area contributed by atoms with Crippen molar-refractivity contribution in [3.05, 3.63) is 17.0 Å². The summed E-state index contributed by atoms with van der Waals surface area (Å²) in [5.74, 6) is 0.0280. The highest BCUT2D eigenvalue weighted by Gasteiger charge is 2.20. The van der Waals surface area contributed by atoms with Gasteiger partial charge in [0, 0.05) is 32.3 Å². The number of nitrogens with zero attached hydrogens (tertiary/aromatic N) is 3. The maximum Gasteiger partial charge on any atom is 0.224 e. The first-order valence-corrected chi connectivity index (χ1v) is 7.88. The SMILES string of the molecule is CC(=O)c1c(C)nn(CCC(=O)N(C)CC2COCCO2)c1C. The zero-order valence-electron chi connectivity index (χ0n) is 14.3. The summed E-state index contributed by atoms with van der Waals surface area (Å²) in [5, 5.41) is 4.36. The summed E-state index contributed by atoms with van der Waals surface area (Å²) < 4.78 is 12.6. The van der Waals surface area contributed by atoms with E-state index in [0.717, 1.165) is 5.69 Å². The number of ketones is 1. The molecule has 1 amide bonds.